The number of fused-ring (bicyclic) bond motifs is 1. The van der Waals surface area contributed by atoms with Crippen LogP contribution in [0.15, 0.2) is 53.6 Å². The maximum Gasteiger partial charge on any atom is 0.271 e. The van der Waals surface area contributed by atoms with Gasteiger partial charge in [0.25, 0.3) is 5.69 Å². The number of hydrogen-bond acceptors (Lipinski definition) is 2. The summed E-state index contributed by atoms with van der Waals surface area (Å²) in [5.41, 5.74) is 3.31. The standard InChI is InChI=1S/C19H21N3O2S/c1-13-10-14(2)19(17(11-13)20-23)25(24)21-15(3)12-22-9-8-16-6-4-5-7-18(16)22/h4-11,15,21H,12H2,1-3H3/p+1. The Morgan fingerprint density at radius 1 is 1.20 bits per heavy atom. The third-order valence-corrected chi connectivity index (χ3v) is 5.70. The number of aryl methyl sites for hydroxylation is 2. The lowest BCUT2D eigenvalue weighted by atomic mass is 10.1. The Morgan fingerprint density at radius 3 is 2.72 bits per heavy atom. The lowest BCUT2D eigenvalue weighted by Gasteiger charge is -2.16. The van der Waals surface area contributed by atoms with Gasteiger partial charge in [-0.3, -0.25) is 0 Å². The Morgan fingerprint density at radius 2 is 1.96 bits per heavy atom. The zero-order chi connectivity index (χ0) is 18.0. The van der Waals surface area contributed by atoms with Gasteiger partial charge >= 0.3 is 0 Å². The first-order chi connectivity index (χ1) is 12.0. The van der Waals surface area contributed by atoms with Crippen LogP contribution in [0.5, 0.6) is 0 Å². The highest BCUT2D eigenvalue weighted by atomic mass is 32.2. The molecule has 2 N–H and O–H groups in total. The van der Waals surface area contributed by atoms with Gasteiger partial charge in [0, 0.05) is 40.5 Å². The Labute approximate surface area is 149 Å². The number of hydrogen-bond donors (Lipinski definition) is 2. The predicted octanol–water partition coefficient (Wildman–Crippen LogP) is 2.44. The molecule has 0 aliphatic carbocycles. The second-order valence-electron chi connectivity index (χ2n) is 6.38. The minimum absolute atomic E-state index is 0.0307. The van der Waals surface area contributed by atoms with Crippen LogP contribution in [0.1, 0.15) is 18.1 Å². The van der Waals surface area contributed by atoms with E-state index in [0.29, 0.717) is 17.1 Å². The van der Waals surface area contributed by atoms with Crippen molar-refractivity contribution >= 4 is 27.6 Å². The van der Waals surface area contributed by atoms with Gasteiger partial charge in [-0.2, -0.15) is 0 Å². The summed E-state index contributed by atoms with van der Waals surface area (Å²) in [6, 6.07) is 13.9. The van der Waals surface area contributed by atoms with E-state index in [1.54, 1.807) is 6.07 Å². The molecular weight excluding hydrogens is 334 g/mol. The first kappa shape index (κ1) is 17.5. The summed E-state index contributed by atoms with van der Waals surface area (Å²) in [6.45, 7) is 6.45. The van der Waals surface area contributed by atoms with E-state index < -0.39 is 11.0 Å². The topological polar surface area (TPSA) is 65.1 Å². The molecule has 2 atom stereocenters. The molecule has 2 aromatic carbocycles. The van der Waals surface area contributed by atoms with Crippen LogP contribution in [0, 0.1) is 18.8 Å². The molecule has 1 heterocycles. The van der Waals surface area contributed by atoms with Crippen molar-refractivity contribution < 1.29 is 9.39 Å². The van der Waals surface area contributed by atoms with E-state index in [-0.39, 0.29) is 6.04 Å². The highest BCUT2D eigenvalue weighted by molar-refractivity contribution is 7.83. The maximum absolute atomic E-state index is 12.8. The van der Waals surface area contributed by atoms with E-state index in [1.165, 1.54) is 5.39 Å². The molecule has 3 rings (SSSR count). The van der Waals surface area contributed by atoms with Crippen molar-refractivity contribution in [3.05, 3.63) is 64.7 Å². The predicted molar refractivity (Wildman–Crippen MR) is 101 cm³/mol. The maximum atomic E-state index is 12.8. The number of nitrogens with one attached hydrogen (secondary N) is 2. The van der Waals surface area contributed by atoms with Crippen molar-refractivity contribution in [2.75, 3.05) is 0 Å². The van der Waals surface area contributed by atoms with Gasteiger partial charge in [0.05, 0.1) is 0 Å². The fourth-order valence-electron chi connectivity index (χ4n) is 3.15. The molecule has 3 aromatic rings. The van der Waals surface area contributed by atoms with Gasteiger partial charge in [-0.05, 0) is 49.4 Å². The Bertz CT molecular complexity index is 949. The summed E-state index contributed by atoms with van der Waals surface area (Å²) in [5.74, 6) is 0. The molecule has 0 aliphatic heterocycles. The van der Waals surface area contributed by atoms with Gasteiger partial charge in [0.1, 0.15) is 15.9 Å². The van der Waals surface area contributed by atoms with Crippen LogP contribution in [0.25, 0.3) is 10.9 Å². The Balaban J connectivity index is 1.78. The van der Waals surface area contributed by atoms with Crippen LogP contribution in [0.2, 0.25) is 0 Å². The van der Waals surface area contributed by atoms with Crippen LogP contribution >= 0.6 is 0 Å². The molecule has 0 aliphatic rings. The highest BCUT2D eigenvalue weighted by Crippen LogP contribution is 2.21. The molecule has 6 heteroatoms. The smallest absolute Gasteiger partial charge is 0.271 e. The average Bonchev–Trinajstić information content (AvgIpc) is 2.96. The van der Waals surface area contributed by atoms with Crippen molar-refractivity contribution in [2.24, 2.45) is 0 Å². The SMILES string of the molecule is Cc1cc(C)c(S(=O)NC(C)Cn2ccc3ccccc32)c([NH+]=O)c1. The number of nitrogens with zero attached hydrogens (tertiary/aromatic N) is 1. The monoisotopic (exact) mass is 356 g/mol. The van der Waals surface area contributed by atoms with Crippen LogP contribution < -0.4 is 9.90 Å². The second-order valence-corrected chi connectivity index (χ2v) is 7.56. The zero-order valence-corrected chi connectivity index (χ0v) is 15.4. The summed E-state index contributed by atoms with van der Waals surface area (Å²) >= 11 is 0. The zero-order valence-electron chi connectivity index (χ0n) is 14.6. The lowest BCUT2D eigenvalue weighted by Crippen LogP contribution is -2.57. The van der Waals surface area contributed by atoms with Gasteiger partial charge in [-0.1, -0.05) is 24.3 Å². The molecule has 25 heavy (non-hydrogen) atoms. The minimum atomic E-state index is -1.47. The van der Waals surface area contributed by atoms with Gasteiger partial charge in [-0.25, -0.2) is 8.93 Å². The van der Waals surface area contributed by atoms with E-state index >= 15 is 0 Å². The van der Waals surface area contributed by atoms with E-state index in [9.17, 15) is 9.12 Å². The third-order valence-electron chi connectivity index (χ3n) is 4.17. The van der Waals surface area contributed by atoms with Crippen LogP contribution in [-0.4, -0.2) is 14.8 Å². The Kier molecular flexibility index (Phi) is 5.11. The molecule has 0 radical (unpaired) electrons. The van der Waals surface area contributed by atoms with Gasteiger partial charge in [0.15, 0.2) is 0 Å². The molecule has 0 saturated carbocycles. The number of rotatable bonds is 6. The highest BCUT2D eigenvalue weighted by Gasteiger charge is 2.20. The number of para-hydroxylation sites is 1. The molecule has 0 fully saturated rings. The fraction of sp³-hybridized carbons (Fsp3) is 0.263. The quantitative estimate of drug-likeness (QED) is 0.712. The van der Waals surface area contributed by atoms with Crippen molar-refractivity contribution in [1.82, 2.24) is 9.29 Å². The summed E-state index contributed by atoms with van der Waals surface area (Å²) < 4.78 is 18.0. The molecule has 0 amide bonds. The van der Waals surface area contributed by atoms with Crippen LogP contribution in [0.4, 0.5) is 5.69 Å². The van der Waals surface area contributed by atoms with Gasteiger partial charge < -0.3 is 4.57 Å². The van der Waals surface area contributed by atoms with E-state index in [1.807, 2.05) is 50.3 Å². The summed E-state index contributed by atoms with van der Waals surface area (Å²) in [7, 11) is -1.47. The fourth-order valence-corrected chi connectivity index (χ4v) is 4.36. The van der Waals surface area contributed by atoms with Crippen molar-refractivity contribution in [3.8, 4) is 0 Å². The molecule has 130 valence electrons. The van der Waals surface area contributed by atoms with Crippen molar-refractivity contribution in [1.29, 1.82) is 0 Å². The Hall–Kier alpha value is -2.31. The number of nitroso groups, excluding NO2 is 1. The first-order valence-corrected chi connectivity index (χ1v) is 9.36. The summed E-state index contributed by atoms with van der Waals surface area (Å²) in [6.07, 6.45) is 2.04. The summed E-state index contributed by atoms with van der Waals surface area (Å²) in [5, 5.41) is 3.10. The molecule has 1 aromatic heterocycles. The number of benzene rings is 2. The van der Waals surface area contributed by atoms with Crippen LogP contribution in [-0.2, 0) is 17.5 Å². The van der Waals surface area contributed by atoms with Gasteiger partial charge in [0.2, 0.25) is 0 Å². The molecule has 0 bridgehead atoms. The second kappa shape index (κ2) is 7.29. The molecule has 0 spiro atoms. The van der Waals surface area contributed by atoms with Crippen LogP contribution in [0.3, 0.4) is 0 Å². The molecule has 0 saturated heterocycles. The number of aromatic nitrogens is 1. The molecule has 2 unspecified atom stereocenters. The largest absolute Gasteiger partial charge is 0.346 e. The van der Waals surface area contributed by atoms with Gasteiger partial charge in [-0.15, -0.1) is 0 Å². The van der Waals surface area contributed by atoms with E-state index in [4.69, 9.17) is 0 Å². The van der Waals surface area contributed by atoms with E-state index in [0.717, 1.165) is 16.6 Å². The minimum Gasteiger partial charge on any atom is -0.346 e. The van der Waals surface area contributed by atoms with Crippen molar-refractivity contribution in [2.45, 2.75) is 38.3 Å². The summed E-state index contributed by atoms with van der Waals surface area (Å²) in [4.78, 5) is 11.8. The average molecular weight is 356 g/mol. The van der Waals surface area contributed by atoms with Crippen molar-refractivity contribution in [3.63, 3.8) is 0 Å². The van der Waals surface area contributed by atoms with E-state index in [2.05, 4.69) is 27.5 Å². The third kappa shape index (κ3) is 3.70. The molecular formula is C19H22N3O2S+. The molecule has 5 nitrogen and oxygen atoms in total. The first-order valence-electron chi connectivity index (χ1n) is 8.21. The lowest BCUT2D eigenvalue weighted by molar-refractivity contribution is -0.382. The normalized spacial score (nSPS) is 13.7.